The monoisotopic (exact) mass is 454 g/mol. The van der Waals surface area contributed by atoms with Gasteiger partial charge < -0.3 is 10.2 Å². The molecule has 4 aliphatic rings. The number of Topliss-reactive ketones (excluding diaryl/α,β-unsaturated/α-hetero) is 2. The Morgan fingerprint density at radius 3 is 2.48 bits per heavy atom. The number of ketones is 3. The molecule has 0 heterocycles. The first-order valence-corrected chi connectivity index (χ1v) is 12.5. The first-order chi connectivity index (χ1) is 14.3. The maximum Gasteiger partial charge on any atom is 0.265 e. The summed E-state index contributed by atoms with van der Waals surface area (Å²) >= 11 is 0. The van der Waals surface area contributed by atoms with Gasteiger partial charge in [0, 0.05) is 30.1 Å². The molecule has 31 heavy (non-hydrogen) atoms. The van der Waals surface area contributed by atoms with Crippen molar-refractivity contribution >= 4 is 27.5 Å². The lowest BCUT2D eigenvalue weighted by Gasteiger charge is -2.58. The Kier molecular flexibility index (Phi) is 5.36. The van der Waals surface area contributed by atoms with Crippen LogP contribution in [0.4, 0.5) is 0 Å². The molecule has 0 aromatic rings. The van der Waals surface area contributed by atoms with E-state index < -0.39 is 56.5 Å². The lowest BCUT2D eigenvalue weighted by atomic mass is 9.45. The van der Waals surface area contributed by atoms with E-state index in [0.717, 1.165) is 6.42 Å². The second-order valence-electron chi connectivity index (χ2n) is 10.3. The van der Waals surface area contributed by atoms with Gasteiger partial charge in [-0.25, -0.2) is 0 Å². The van der Waals surface area contributed by atoms with Crippen LogP contribution in [-0.2, 0) is 24.5 Å². The third-order valence-electron chi connectivity index (χ3n) is 8.86. The van der Waals surface area contributed by atoms with Crippen LogP contribution in [-0.4, -0.2) is 58.5 Å². The van der Waals surface area contributed by atoms with Gasteiger partial charge in [-0.2, -0.15) is 8.42 Å². The van der Waals surface area contributed by atoms with E-state index in [0.29, 0.717) is 24.8 Å². The third kappa shape index (κ3) is 3.35. The highest BCUT2D eigenvalue weighted by Crippen LogP contribution is 2.65. The number of hydrogen-bond acceptors (Lipinski definition) is 7. The van der Waals surface area contributed by atoms with E-state index in [4.69, 9.17) is 4.55 Å². The van der Waals surface area contributed by atoms with Gasteiger partial charge in [0.2, 0.25) is 0 Å². The van der Waals surface area contributed by atoms with E-state index in [1.54, 1.807) is 6.92 Å². The molecule has 9 heteroatoms. The number of fused-ring (bicyclic) bond motifs is 5. The maximum absolute atomic E-state index is 13.5. The van der Waals surface area contributed by atoms with Crippen LogP contribution in [0.15, 0.2) is 11.6 Å². The van der Waals surface area contributed by atoms with E-state index in [9.17, 15) is 33.0 Å². The summed E-state index contributed by atoms with van der Waals surface area (Å²) < 4.78 is 31.2. The molecule has 0 saturated heterocycles. The fourth-order valence-electron chi connectivity index (χ4n) is 7.39. The van der Waals surface area contributed by atoms with Crippen LogP contribution in [0.2, 0.25) is 0 Å². The van der Waals surface area contributed by atoms with Crippen molar-refractivity contribution in [3.8, 4) is 0 Å². The highest BCUT2D eigenvalue weighted by Gasteiger charge is 2.65. The molecule has 0 aromatic carbocycles. The lowest BCUT2D eigenvalue weighted by molar-refractivity contribution is -0.164. The maximum atomic E-state index is 13.5. The summed E-state index contributed by atoms with van der Waals surface area (Å²) in [5, 5.41) is 21.1. The molecule has 0 aliphatic heterocycles. The average molecular weight is 455 g/mol. The molecule has 8 nitrogen and oxygen atoms in total. The van der Waals surface area contributed by atoms with Crippen molar-refractivity contribution in [2.75, 3.05) is 5.75 Å². The predicted molar refractivity (Wildman–Crippen MR) is 109 cm³/mol. The fourth-order valence-corrected chi connectivity index (χ4v) is 7.85. The van der Waals surface area contributed by atoms with Crippen LogP contribution in [0, 0.1) is 34.5 Å². The summed E-state index contributed by atoms with van der Waals surface area (Å²) in [4.78, 5) is 38.4. The van der Waals surface area contributed by atoms with Gasteiger partial charge in [0.25, 0.3) is 10.1 Å². The first-order valence-electron chi connectivity index (χ1n) is 10.9. The van der Waals surface area contributed by atoms with Gasteiger partial charge in [0.15, 0.2) is 5.78 Å². The second-order valence-corrected chi connectivity index (χ2v) is 11.9. The quantitative estimate of drug-likeness (QED) is 0.535. The van der Waals surface area contributed by atoms with Crippen molar-refractivity contribution in [3.63, 3.8) is 0 Å². The Morgan fingerprint density at radius 1 is 1.16 bits per heavy atom. The Hall–Kier alpha value is -1.42. The molecule has 0 bridgehead atoms. The minimum absolute atomic E-state index is 0.0511. The van der Waals surface area contributed by atoms with Crippen LogP contribution >= 0.6 is 0 Å². The average Bonchev–Trinajstić information content (AvgIpc) is 3.01. The Bertz CT molecular complexity index is 968. The molecule has 172 valence electrons. The molecule has 3 fully saturated rings. The SMILES string of the molecule is C[C@]12CC(=O)[C@H]3[C@@H](CCC4=CC(=O)C(O)C(O)[C@@]43C)[C@@H]1CC[C@@H]2C(=O)CCS(=O)(=O)O. The largest absolute Gasteiger partial charge is 0.389 e. The van der Waals surface area contributed by atoms with Gasteiger partial charge in [0.1, 0.15) is 17.7 Å². The third-order valence-corrected chi connectivity index (χ3v) is 9.58. The highest BCUT2D eigenvalue weighted by molar-refractivity contribution is 7.85. The van der Waals surface area contributed by atoms with E-state index >= 15 is 0 Å². The number of carbonyl (C=O) groups is 3. The van der Waals surface area contributed by atoms with Crippen LogP contribution in [0.5, 0.6) is 0 Å². The number of aliphatic hydroxyl groups is 2. The van der Waals surface area contributed by atoms with Gasteiger partial charge in [-0.3, -0.25) is 18.9 Å². The molecule has 8 atom stereocenters. The zero-order chi connectivity index (χ0) is 22.9. The minimum atomic E-state index is -4.24. The normalized spacial score (nSPS) is 44.9. The van der Waals surface area contributed by atoms with Crippen LogP contribution < -0.4 is 0 Å². The van der Waals surface area contributed by atoms with Crippen molar-refractivity contribution in [2.24, 2.45) is 34.5 Å². The van der Waals surface area contributed by atoms with Crippen molar-refractivity contribution in [1.82, 2.24) is 0 Å². The van der Waals surface area contributed by atoms with Crippen molar-refractivity contribution in [1.29, 1.82) is 0 Å². The second kappa shape index (κ2) is 7.30. The predicted octanol–water partition coefficient (Wildman–Crippen LogP) is 1.10. The summed E-state index contributed by atoms with van der Waals surface area (Å²) in [6.45, 7) is 3.69. The van der Waals surface area contributed by atoms with Gasteiger partial charge in [-0.1, -0.05) is 19.4 Å². The Balaban J connectivity index is 1.65. The van der Waals surface area contributed by atoms with E-state index in [2.05, 4.69) is 0 Å². The zero-order valence-corrected chi connectivity index (χ0v) is 18.6. The van der Waals surface area contributed by atoms with Gasteiger partial charge >= 0.3 is 0 Å². The molecular formula is C22H30O8S. The number of carbonyl (C=O) groups excluding carboxylic acids is 3. The van der Waals surface area contributed by atoms with Crippen LogP contribution in [0.3, 0.4) is 0 Å². The van der Waals surface area contributed by atoms with Crippen molar-refractivity contribution in [3.05, 3.63) is 11.6 Å². The zero-order valence-electron chi connectivity index (χ0n) is 17.8. The minimum Gasteiger partial charge on any atom is -0.389 e. The Labute approximate surface area is 181 Å². The molecule has 0 amide bonds. The van der Waals surface area contributed by atoms with Crippen molar-refractivity contribution in [2.45, 2.75) is 64.6 Å². The summed E-state index contributed by atoms with van der Waals surface area (Å²) in [7, 11) is -4.24. The summed E-state index contributed by atoms with van der Waals surface area (Å²) in [6.07, 6.45) is 0.860. The molecule has 2 unspecified atom stereocenters. The summed E-state index contributed by atoms with van der Waals surface area (Å²) in [5.41, 5.74) is -0.894. The molecule has 0 aromatic heterocycles. The highest BCUT2D eigenvalue weighted by atomic mass is 32.2. The number of aliphatic hydroxyl groups excluding tert-OH is 2. The van der Waals surface area contributed by atoms with E-state index in [1.165, 1.54) is 6.08 Å². The molecule has 3 N–H and O–H groups in total. The van der Waals surface area contributed by atoms with Gasteiger partial charge in [-0.15, -0.1) is 0 Å². The van der Waals surface area contributed by atoms with Crippen LogP contribution in [0.25, 0.3) is 0 Å². The van der Waals surface area contributed by atoms with E-state index in [1.807, 2.05) is 6.92 Å². The molecule has 4 aliphatic carbocycles. The Morgan fingerprint density at radius 2 is 1.84 bits per heavy atom. The lowest BCUT2D eigenvalue weighted by Crippen LogP contribution is -2.62. The summed E-state index contributed by atoms with van der Waals surface area (Å²) in [5.74, 6) is -2.47. The van der Waals surface area contributed by atoms with Crippen molar-refractivity contribution < 1.29 is 37.6 Å². The molecule has 3 saturated carbocycles. The smallest absolute Gasteiger partial charge is 0.265 e. The van der Waals surface area contributed by atoms with Crippen LogP contribution in [0.1, 0.15) is 52.4 Å². The number of hydrogen-bond donors (Lipinski definition) is 3. The standard InChI is InChI=1S/C22H30O8S/c1-21-10-17(25)18-12(4-3-11-9-16(24)19(26)20(27)22(11,18)2)13(21)5-6-14(21)15(23)7-8-31(28,29)30/h9,12-14,18-20,26-27H,3-8,10H2,1-2H3,(H,28,29,30)/t12-,13-,14+,18+,19?,20?,21-,22-/m0/s1. The molecule has 0 radical (unpaired) electrons. The summed E-state index contributed by atoms with van der Waals surface area (Å²) in [6, 6.07) is 0. The van der Waals surface area contributed by atoms with Gasteiger partial charge in [0.05, 0.1) is 11.9 Å². The molecule has 0 spiro atoms. The van der Waals surface area contributed by atoms with Gasteiger partial charge in [-0.05, 0) is 49.0 Å². The molecular weight excluding hydrogens is 424 g/mol. The van der Waals surface area contributed by atoms with E-state index in [-0.39, 0.29) is 36.2 Å². The topological polar surface area (TPSA) is 146 Å². The first kappa shape index (κ1) is 22.8. The molecule has 4 rings (SSSR count). The fraction of sp³-hybridized carbons (Fsp3) is 0.773. The number of rotatable bonds is 4.